The van der Waals surface area contributed by atoms with Crippen LogP contribution in [0.4, 0.5) is 34.1 Å². The first-order chi connectivity index (χ1) is 34.1. The molecule has 9 aromatic carbocycles. The lowest BCUT2D eigenvalue weighted by atomic mass is 9.97. The van der Waals surface area contributed by atoms with E-state index in [9.17, 15) is 40.9 Å². The van der Waals surface area contributed by atoms with Crippen LogP contribution in [0.3, 0.4) is 0 Å². The van der Waals surface area contributed by atoms with E-state index in [4.69, 9.17) is 13.6 Å². The number of aromatic hydroxyl groups is 8. The largest absolute Gasteiger partial charge is 0.503 e. The highest BCUT2D eigenvalue weighted by molar-refractivity contribution is 6.05. The van der Waals surface area contributed by atoms with E-state index in [1.807, 2.05) is 175 Å². The third-order valence-electron chi connectivity index (χ3n) is 12.1. The number of rotatable bonds is 9. The zero-order chi connectivity index (χ0) is 48.2. The number of hydrogen-bond donors (Lipinski definition) is 8. The maximum atomic E-state index is 11.8. The van der Waals surface area contributed by atoms with Crippen molar-refractivity contribution in [2.45, 2.75) is 0 Å². The number of phenolic OH excluding ortho intramolecular Hbond substituents is 8. The normalized spacial score (nSPS) is 11.3. The predicted molar refractivity (Wildman–Crippen MR) is 266 cm³/mol. The molecule has 0 amide bonds. The maximum Gasteiger partial charge on any atom is 0.252 e. The topological polar surface area (TPSA) is 213 Å². The molecule has 14 heteroatoms. The number of benzene rings is 9. The Kier molecular flexibility index (Phi) is 10.3. The van der Waals surface area contributed by atoms with Crippen molar-refractivity contribution in [1.82, 2.24) is 4.57 Å². The molecule has 0 aliphatic rings. The molecule has 344 valence electrons. The Morgan fingerprint density at radius 1 is 0.343 bits per heavy atom. The molecule has 0 spiro atoms. The van der Waals surface area contributed by atoms with Gasteiger partial charge in [0.2, 0.25) is 34.5 Å². The average Bonchev–Trinajstić information content (AvgIpc) is 3.76. The third kappa shape index (κ3) is 6.98. The van der Waals surface area contributed by atoms with Crippen LogP contribution in [-0.4, -0.2) is 45.4 Å². The van der Waals surface area contributed by atoms with Crippen molar-refractivity contribution in [3.8, 4) is 74.1 Å². The van der Waals surface area contributed by atoms with E-state index in [1.54, 1.807) is 18.4 Å². The van der Waals surface area contributed by atoms with Crippen molar-refractivity contribution in [1.29, 1.82) is 0 Å². The summed E-state index contributed by atoms with van der Waals surface area (Å²) in [5.41, 5.74) is 3.67. The molecule has 2 aromatic heterocycles. The Morgan fingerprint density at radius 3 is 1.30 bits per heavy atom. The monoisotopic (exact) mass is 929 g/mol. The van der Waals surface area contributed by atoms with Crippen molar-refractivity contribution in [3.63, 3.8) is 0 Å². The fourth-order valence-electron chi connectivity index (χ4n) is 8.90. The Hall–Kier alpha value is -10.1. The summed E-state index contributed by atoms with van der Waals surface area (Å²) >= 11 is 0. The van der Waals surface area contributed by atoms with Crippen LogP contribution in [-0.2, 0) is 0 Å². The summed E-state index contributed by atoms with van der Waals surface area (Å²) in [4.78, 5) is 4.09. The molecule has 11 rings (SSSR count). The average molecular weight is 930 g/mol. The summed E-state index contributed by atoms with van der Waals surface area (Å²) in [5.74, 6) is -8.47. The van der Waals surface area contributed by atoms with Gasteiger partial charge in [-0.25, -0.2) is 0 Å². The van der Waals surface area contributed by atoms with Gasteiger partial charge in [-0.15, -0.1) is 0 Å². The second-order valence-corrected chi connectivity index (χ2v) is 16.3. The molecule has 8 N–H and O–H groups in total. The Balaban J connectivity index is 1.26. The van der Waals surface area contributed by atoms with Gasteiger partial charge in [-0.3, -0.25) is 13.7 Å². The van der Waals surface area contributed by atoms with Gasteiger partial charge in [-0.2, -0.15) is 0 Å². The van der Waals surface area contributed by atoms with E-state index in [0.29, 0.717) is 39.3 Å². The molecular formula is C56H39N3O11. The molecule has 0 fully saturated rings. The van der Waals surface area contributed by atoms with Crippen molar-refractivity contribution in [2.24, 2.45) is 0 Å². The molecule has 0 aliphatic heterocycles. The van der Waals surface area contributed by atoms with Crippen molar-refractivity contribution in [3.05, 3.63) is 188 Å². The standard InChI is InChI=1S/C56H39N3O11/c60-46-44-55(52(66)50(64)48(46)62)69-70-56-45(47(61)49(63)51(65)53(56)67)59(44)40-28-33(41-25-14-26-42-43(41)31-68-54(42)32-15-5-1-6-16-32)27-39(30-40)58(36-21-11-4-12-22-36)38-24-13-23-37(29-38)57(34-17-7-2-8-18-34)35-19-9-3-10-20-35/h1-31,60-67H. The number of anilines is 6. The van der Waals surface area contributed by atoms with E-state index in [0.717, 1.165) is 32.6 Å². The zero-order valence-corrected chi connectivity index (χ0v) is 36.5. The Morgan fingerprint density at radius 2 is 0.786 bits per heavy atom. The van der Waals surface area contributed by atoms with Crippen LogP contribution >= 0.6 is 0 Å². The number of hydrogen-bond acceptors (Lipinski definition) is 13. The summed E-state index contributed by atoms with van der Waals surface area (Å²) < 4.78 is 18.2. The second kappa shape index (κ2) is 17.0. The van der Waals surface area contributed by atoms with Gasteiger partial charge >= 0.3 is 0 Å². The molecule has 0 radical (unpaired) electrons. The molecule has 0 saturated carbocycles. The quantitative estimate of drug-likeness (QED) is 0.0385. The van der Waals surface area contributed by atoms with Crippen LogP contribution < -0.4 is 9.80 Å². The van der Waals surface area contributed by atoms with E-state index in [1.165, 1.54) is 0 Å². The molecule has 0 saturated heterocycles. The minimum absolute atomic E-state index is 0.0275. The second-order valence-electron chi connectivity index (χ2n) is 16.3. The Bertz CT molecular complexity index is 3700. The zero-order valence-electron chi connectivity index (χ0n) is 36.5. The number of fused-ring (bicyclic) bond motifs is 3. The fourth-order valence-corrected chi connectivity index (χ4v) is 8.90. The Labute approximate surface area is 397 Å². The van der Waals surface area contributed by atoms with E-state index < -0.39 is 68.2 Å². The number of furan rings is 1. The van der Waals surface area contributed by atoms with Crippen molar-refractivity contribution in [2.75, 3.05) is 9.80 Å². The van der Waals surface area contributed by atoms with Crippen LogP contribution in [0.2, 0.25) is 0 Å². The lowest BCUT2D eigenvalue weighted by molar-refractivity contribution is 0.0869. The van der Waals surface area contributed by atoms with Gasteiger partial charge < -0.3 is 55.1 Å². The highest BCUT2D eigenvalue weighted by Crippen LogP contribution is 2.54. The molecular weight excluding hydrogens is 891 g/mol. The lowest BCUT2D eigenvalue weighted by Crippen LogP contribution is -2.13. The van der Waals surface area contributed by atoms with Gasteiger partial charge in [0.05, 0.1) is 6.26 Å². The molecule has 11 aromatic rings. The molecule has 0 aliphatic carbocycles. The summed E-state index contributed by atoms with van der Waals surface area (Å²) in [6.07, 6.45) is 1.65. The van der Waals surface area contributed by atoms with E-state index in [-0.39, 0.29) is 5.69 Å². The van der Waals surface area contributed by atoms with Gasteiger partial charge in [0.1, 0.15) is 16.8 Å². The van der Waals surface area contributed by atoms with E-state index in [2.05, 4.69) is 4.90 Å². The van der Waals surface area contributed by atoms with Gasteiger partial charge in [-0.05, 0) is 83.9 Å². The summed E-state index contributed by atoms with van der Waals surface area (Å²) in [6.45, 7) is 0. The third-order valence-corrected chi connectivity index (χ3v) is 12.1. The van der Waals surface area contributed by atoms with Crippen LogP contribution in [0, 0.1) is 0 Å². The fraction of sp³-hybridized carbons (Fsp3) is 0. The molecule has 2 heterocycles. The first-order valence-electron chi connectivity index (χ1n) is 21.8. The summed E-state index contributed by atoms with van der Waals surface area (Å²) in [6, 6.07) is 57.8. The molecule has 0 atom stereocenters. The van der Waals surface area contributed by atoms with Crippen LogP contribution in [0.25, 0.3) is 61.1 Å². The van der Waals surface area contributed by atoms with Gasteiger partial charge in [-0.1, -0.05) is 109 Å². The summed E-state index contributed by atoms with van der Waals surface area (Å²) in [7, 11) is 0. The smallest absolute Gasteiger partial charge is 0.252 e. The van der Waals surface area contributed by atoms with Crippen molar-refractivity contribution < 1.29 is 54.4 Å². The van der Waals surface area contributed by atoms with Crippen LogP contribution in [0.5, 0.6) is 46.0 Å². The number of aromatic nitrogens is 1. The number of phenols is 8. The predicted octanol–water partition coefficient (Wildman–Crippen LogP) is 13.8. The van der Waals surface area contributed by atoms with Gasteiger partial charge in [0.25, 0.3) is 11.2 Å². The minimum atomic E-state index is -1.18. The minimum Gasteiger partial charge on any atom is -0.503 e. The molecule has 0 bridgehead atoms. The maximum absolute atomic E-state index is 11.8. The highest BCUT2D eigenvalue weighted by Gasteiger charge is 2.30. The number of para-hydroxylation sites is 3. The van der Waals surface area contributed by atoms with Crippen molar-refractivity contribution >= 4 is 67.1 Å². The number of nitrogens with zero attached hydrogens (tertiary/aromatic N) is 3. The molecule has 14 nitrogen and oxygen atoms in total. The van der Waals surface area contributed by atoms with Gasteiger partial charge in [0.15, 0.2) is 11.5 Å². The first kappa shape index (κ1) is 42.5. The van der Waals surface area contributed by atoms with Crippen LogP contribution in [0.1, 0.15) is 0 Å². The summed E-state index contributed by atoms with van der Waals surface area (Å²) in [5, 5.41) is 91.3. The first-order valence-corrected chi connectivity index (χ1v) is 21.8. The van der Waals surface area contributed by atoms with E-state index >= 15 is 0 Å². The van der Waals surface area contributed by atoms with Gasteiger partial charge in [0, 0.05) is 56.1 Å². The SMILES string of the molecule is Oc1c(O)c(O)c2c(ooc3c(O)c(O)c(O)c(O)c3n2-c2cc(-c3cccc4c(-c5ccccc5)occ34)cc(N(c3ccccc3)c3cccc(N(c4ccccc4)c4ccccc4)c3)c2)c1O. The van der Waals surface area contributed by atoms with Crippen LogP contribution in [0.15, 0.2) is 202 Å². The highest BCUT2D eigenvalue weighted by atomic mass is 17.0. The lowest BCUT2D eigenvalue weighted by Gasteiger charge is -2.30. The molecule has 70 heavy (non-hydrogen) atoms. The molecule has 0 unspecified atom stereocenters.